The van der Waals surface area contributed by atoms with Gasteiger partial charge in [-0.25, -0.2) is 0 Å². The topological polar surface area (TPSA) is 15.7 Å². The van der Waals surface area contributed by atoms with Gasteiger partial charge in [0.1, 0.15) is 5.75 Å². The molecule has 3 aliphatic rings. The highest BCUT2D eigenvalue weighted by Crippen LogP contribution is 2.65. The Labute approximate surface area is 309 Å². The molecule has 8 aromatic carbocycles. The van der Waals surface area contributed by atoms with E-state index in [1.54, 1.807) is 0 Å². The predicted octanol–water partition coefficient (Wildman–Crippen LogP) is 12.7. The van der Waals surface area contributed by atoms with E-state index in [4.69, 9.17) is 4.74 Å². The number of rotatable bonds is 4. The Bertz CT molecular complexity index is 2620. The van der Waals surface area contributed by atoms with Crippen molar-refractivity contribution in [2.45, 2.75) is 11.6 Å². The fourth-order valence-corrected chi connectivity index (χ4v) is 9.22. The molecule has 1 unspecified atom stereocenters. The standard InChI is InChI=1S/C50H34N2O/c1-3-16-36(17-4-1)51-44-26-11-9-24-42(44)50(43-25-10-12-27-45(43)51)41-23-8-7-20-39(41)40-22-15-21-38(48(40)50)34-30-32-35(33-31-34)49-52(37-18-5-2-6-19-37)46-28-13-14-29-47(46)53-49/h1-33,49H. The first kappa shape index (κ1) is 29.8. The first-order chi connectivity index (χ1) is 26.3. The van der Waals surface area contributed by atoms with Gasteiger partial charge >= 0.3 is 0 Å². The molecule has 8 aromatic rings. The van der Waals surface area contributed by atoms with E-state index in [-0.39, 0.29) is 6.23 Å². The average molecular weight is 679 g/mol. The van der Waals surface area contributed by atoms with E-state index in [9.17, 15) is 0 Å². The van der Waals surface area contributed by atoms with E-state index < -0.39 is 5.41 Å². The molecule has 1 aliphatic carbocycles. The van der Waals surface area contributed by atoms with Gasteiger partial charge in [0.2, 0.25) is 6.23 Å². The van der Waals surface area contributed by atoms with Gasteiger partial charge in [0.05, 0.1) is 22.5 Å². The van der Waals surface area contributed by atoms with Crippen molar-refractivity contribution in [1.29, 1.82) is 0 Å². The molecule has 1 atom stereocenters. The summed E-state index contributed by atoms with van der Waals surface area (Å²) in [6.45, 7) is 0. The maximum Gasteiger partial charge on any atom is 0.203 e. The lowest BCUT2D eigenvalue weighted by Gasteiger charge is -2.45. The zero-order valence-electron chi connectivity index (χ0n) is 28.9. The molecule has 3 heteroatoms. The van der Waals surface area contributed by atoms with Crippen molar-refractivity contribution < 1.29 is 4.74 Å². The van der Waals surface area contributed by atoms with E-state index in [0.29, 0.717) is 0 Å². The first-order valence-electron chi connectivity index (χ1n) is 18.3. The lowest BCUT2D eigenvalue weighted by atomic mass is 9.63. The third kappa shape index (κ3) is 4.22. The van der Waals surface area contributed by atoms with Crippen LogP contribution in [0.4, 0.5) is 28.4 Å². The summed E-state index contributed by atoms with van der Waals surface area (Å²) in [5.41, 5.74) is 16.5. The highest BCUT2D eigenvalue weighted by atomic mass is 16.5. The summed E-state index contributed by atoms with van der Waals surface area (Å²) in [5.74, 6) is 0.894. The second-order valence-electron chi connectivity index (χ2n) is 14.0. The molecule has 250 valence electrons. The number of hydrogen-bond acceptors (Lipinski definition) is 3. The van der Waals surface area contributed by atoms with Gasteiger partial charge < -0.3 is 9.64 Å². The van der Waals surface area contributed by atoms with E-state index in [0.717, 1.165) is 28.4 Å². The van der Waals surface area contributed by atoms with Crippen LogP contribution >= 0.6 is 0 Å². The van der Waals surface area contributed by atoms with Gasteiger partial charge in [-0.3, -0.25) is 4.90 Å². The molecule has 0 radical (unpaired) electrons. The minimum atomic E-state index is -0.528. The van der Waals surface area contributed by atoms with Crippen LogP contribution in [0.15, 0.2) is 200 Å². The lowest BCUT2D eigenvalue weighted by Crippen LogP contribution is -2.36. The Morgan fingerprint density at radius 1 is 0.396 bits per heavy atom. The summed E-state index contributed by atoms with van der Waals surface area (Å²) >= 11 is 0. The number of hydrogen-bond donors (Lipinski definition) is 0. The maximum absolute atomic E-state index is 6.66. The van der Waals surface area contributed by atoms with E-state index >= 15 is 0 Å². The Hall–Kier alpha value is -6.84. The summed E-state index contributed by atoms with van der Waals surface area (Å²) in [7, 11) is 0. The van der Waals surface area contributed by atoms with E-state index in [1.165, 1.54) is 55.9 Å². The third-order valence-corrected chi connectivity index (χ3v) is 11.3. The van der Waals surface area contributed by atoms with Gasteiger partial charge in [0, 0.05) is 16.9 Å². The van der Waals surface area contributed by atoms with Crippen molar-refractivity contribution in [3.8, 4) is 28.0 Å². The lowest BCUT2D eigenvalue weighted by molar-refractivity contribution is 0.240. The second-order valence-corrected chi connectivity index (χ2v) is 14.0. The summed E-state index contributed by atoms with van der Waals surface area (Å²) in [4.78, 5) is 4.73. The highest BCUT2D eigenvalue weighted by molar-refractivity contribution is 5.99. The molecular formula is C50H34N2O. The van der Waals surface area contributed by atoms with Crippen LogP contribution < -0.4 is 14.5 Å². The Morgan fingerprint density at radius 3 is 1.62 bits per heavy atom. The van der Waals surface area contributed by atoms with Gasteiger partial charge in [-0.1, -0.05) is 152 Å². The molecule has 0 saturated carbocycles. The molecule has 11 rings (SSSR count). The Morgan fingerprint density at radius 2 is 0.925 bits per heavy atom. The van der Waals surface area contributed by atoms with Crippen molar-refractivity contribution in [2.24, 2.45) is 0 Å². The van der Waals surface area contributed by atoms with Crippen LogP contribution in [0.2, 0.25) is 0 Å². The van der Waals surface area contributed by atoms with Gasteiger partial charge in [-0.15, -0.1) is 0 Å². The molecule has 0 aromatic heterocycles. The second kappa shape index (κ2) is 11.6. The summed E-state index contributed by atoms with van der Waals surface area (Å²) in [6, 6.07) is 72.6. The van der Waals surface area contributed by atoms with Crippen LogP contribution in [0.25, 0.3) is 22.3 Å². The predicted molar refractivity (Wildman–Crippen MR) is 216 cm³/mol. The van der Waals surface area contributed by atoms with E-state index in [1.807, 2.05) is 6.07 Å². The molecule has 0 bridgehead atoms. The van der Waals surface area contributed by atoms with E-state index in [2.05, 4.69) is 204 Å². The van der Waals surface area contributed by atoms with Crippen LogP contribution in [-0.2, 0) is 5.41 Å². The van der Waals surface area contributed by atoms with Crippen molar-refractivity contribution in [3.63, 3.8) is 0 Å². The number of ether oxygens (including phenoxy) is 1. The molecular weight excluding hydrogens is 645 g/mol. The number of fused-ring (bicyclic) bond motifs is 10. The quantitative estimate of drug-likeness (QED) is 0.184. The average Bonchev–Trinajstić information content (AvgIpc) is 3.77. The minimum absolute atomic E-state index is 0.276. The zero-order chi connectivity index (χ0) is 34.9. The van der Waals surface area contributed by atoms with Gasteiger partial charge in [0.15, 0.2) is 0 Å². The van der Waals surface area contributed by atoms with Crippen LogP contribution in [-0.4, -0.2) is 0 Å². The molecule has 0 amide bonds. The number of benzene rings is 8. The van der Waals surface area contributed by atoms with Gasteiger partial charge in [-0.2, -0.15) is 0 Å². The van der Waals surface area contributed by atoms with Crippen LogP contribution in [0.1, 0.15) is 34.0 Å². The number of para-hydroxylation sites is 6. The fraction of sp³-hybridized carbons (Fsp3) is 0.0400. The smallest absolute Gasteiger partial charge is 0.203 e. The molecule has 2 aliphatic heterocycles. The van der Waals surface area contributed by atoms with Gasteiger partial charge in [0.25, 0.3) is 0 Å². The number of anilines is 5. The monoisotopic (exact) mass is 678 g/mol. The highest BCUT2D eigenvalue weighted by Gasteiger charge is 2.52. The summed E-state index contributed by atoms with van der Waals surface area (Å²) < 4.78 is 6.66. The molecule has 0 saturated heterocycles. The number of nitrogens with zero attached hydrogens (tertiary/aromatic N) is 2. The molecule has 1 spiro atoms. The molecule has 0 N–H and O–H groups in total. The third-order valence-electron chi connectivity index (χ3n) is 11.3. The van der Waals surface area contributed by atoms with Crippen molar-refractivity contribution in [2.75, 3.05) is 9.80 Å². The Balaban J connectivity index is 1.11. The molecule has 3 nitrogen and oxygen atoms in total. The Kier molecular flexibility index (Phi) is 6.53. The first-order valence-corrected chi connectivity index (χ1v) is 18.3. The van der Waals surface area contributed by atoms with Crippen LogP contribution in [0, 0.1) is 0 Å². The van der Waals surface area contributed by atoms with Crippen LogP contribution in [0.3, 0.4) is 0 Å². The van der Waals surface area contributed by atoms with Crippen molar-refractivity contribution >= 4 is 28.4 Å². The van der Waals surface area contributed by atoms with Crippen LogP contribution in [0.5, 0.6) is 5.75 Å². The molecule has 2 heterocycles. The normalized spacial score (nSPS) is 15.6. The summed E-state index contributed by atoms with van der Waals surface area (Å²) in [6.07, 6.45) is -0.276. The molecule has 53 heavy (non-hydrogen) atoms. The minimum Gasteiger partial charge on any atom is -0.464 e. The summed E-state index contributed by atoms with van der Waals surface area (Å²) in [5, 5.41) is 0. The van der Waals surface area contributed by atoms with Crippen molar-refractivity contribution in [1.82, 2.24) is 0 Å². The fourth-order valence-electron chi connectivity index (χ4n) is 9.22. The SMILES string of the molecule is c1ccc(N2c3ccccc3C3(c4ccccc4-c4cccc(-c5ccc(C6Oc7ccccc7N6c6ccccc6)cc5)c43)c3ccccc32)cc1. The maximum atomic E-state index is 6.66. The zero-order valence-corrected chi connectivity index (χ0v) is 28.9. The largest absolute Gasteiger partial charge is 0.464 e. The van der Waals surface area contributed by atoms with Gasteiger partial charge in [-0.05, 0) is 93.0 Å². The van der Waals surface area contributed by atoms with Crippen molar-refractivity contribution in [3.05, 3.63) is 228 Å². The molecule has 0 fully saturated rings.